The summed E-state index contributed by atoms with van der Waals surface area (Å²) in [5, 5.41) is 0. The number of methoxy groups -OCH3 is 1. The van der Waals surface area contributed by atoms with Gasteiger partial charge in [0.2, 0.25) is 17.7 Å². The number of rotatable bonds is 8. The summed E-state index contributed by atoms with van der Waals surface area (Å²) in [6.45, 7) is -2.66. The molecule has 3 amide bonds. The minimum Gasteiger partial charge on any atom is -0.493 e. The second-order valence-corrected chi connectivity index (χ2v) is 7.69. The molecule has 0 radical (unpaired) electrons. The molecule has 1 aliphatic carbocycles. The van der Waals surface area contributed by atoms with Gasteiger partial charge in [-0.15, -0.1) is 0 Å². The maximum Gasteiger partial charge on any atom is 0.387 e. The van der Waals surface area contributed by atoms with Gasteiger partial charge in [0.25, 0.3) is 0 Å². The average Bonchev–Trinajstić information content (AvgIpc) is 2.97. The number of halogens is 2. The zero-order valence-corrected chi connectivity index (χ0v) is 17.1. The highest BCUT2D eigenvalue weighted by Gasteiger charge is 2.47. The number of fused-ring (bicyclic) bond motifs is 1. The molecule has 0 spiro atoms. The Bertz CT molecular complexity index is 793. The summed E-state index contributed by atoms with van der Waals surface area (Å²) in [6, 6.07) is 4.46. The predicted octanol–water partition coefficient (Wildman–Crippen LogP) is 2.82. The summed E-state index contributed by atoms with van der Waals surface area (Å²) >= 11 is 0. The molecule has 1 aromatic carbocycles. The van der Waals surface area contributed by atoms with Gasteiger partial charge in [-0.05, 0) is 30.5 Å². The van der Waals surface area contributed by atoms with Crippen molar-refractivity contribution in [2.75, 3.05) is 20.7 Å². The maximum absolute atomic E-state index is 12.5. The van der Waals surface area contributed by atoms with E-state index in [0.717, 1.165) is 25.7 Å². The Labute approximate surface area is 173 Å². The first-order chi connectivity index (χ1) is 14.3. The van der Waals surface area contributed by atoms with Crippen molar-refractivity contribution in [3.63, 3.8) is 0 Å². The van der Waals surface area contributed by atoms with Crippen LogP contribution >= 0.6 is 0 Å². The van der Waals surface area contributed by atoms with Crippen molar-refractivity contribution in [1.82, 2.24) is 9.80 Å². The molecular weight excluding hydrogens is 398 g/mol. The second kappa shape index (κ2) is 9.40. The number of likely N-dealkylation sites (tertiary alicyclic amines) is 1. The fourth-order valence-electron chi connectivity index (χ4n) is 4.22. The molecule has 1 heterocycles. The van der Waals surface area contributed by atoms with Crippen molar-refractivity contribution >= 4 is 17.7 Å². The van der Waals surface area contributed by atoms with Crippen LogP contribution < -0.4 is 9.47 Å². The minimum atomic E-state index is -2.96. The molecule has 1 aromatic rings. The quantitative estimate of drug-likeness (QED) is 0.600. The van der Waals surface area contributed by atoms with Gasteiger partial charge in [-0.25, -0.2) is 0 Å². The largest absolute Gasteiger partial charge is 0.493 e. The molecule has 1 saturated heterocycles. The highest BCUT2D eigenvalue weighted by Crippen LogP contribution is 2.38. The van der Waals surface area contributed by atoms with Gasteiger partial charge in [0.05, 0.1) is 18.9 Å². The number of ether oxygens (including phenoxy) is 2. The third-order valence-electron chi connectivity index (χ3n) is 5.77. The Hall–Kier alpha value is -2.71. The third-order valence-corrected chi connectivity index (χ3v) is 5.77. The highest BCUT2D eigenvalue weighted by atomic mass is 19.3. The molecular formula is C21H26F2N2O5. The molecule has 9 heteroatoms. The molecule has 164 valence electrons. The Morgan fingerprint density at radius 3 is 2.37 bits per heavy atom. The lowest BCUT2D eigenvalue weighted by molar-refractivity contribution is -0.140. The summed E-state index contributed by atoms with van der Waals surface area (Å²) in [5.41, 5.74) is 0.670. The Kier molecular flexibility index (Phi) is 6.89. The number of benzene rings is 1. The molecule has 2 atom stereocenters. The van der Waals surface area contributed by atoms with Crippen molar-refractivity contribution in [3.8, 4) is 11.5 Å². The number of carbonyl (C=O) groups is 3. The van der Waals surface area contributed by atoms with E-state index < -0.39 is 6.61 Å². The molecule has 1 aliphatic heterocycles. The molecule has 0 unspecified atom stereocenters. The molecule has 0 bridgehead atoms. The predicted molar refractivity (Wildman–Crippen MR) is 103 cm³/mol. The van der Waals surface area contributed by atoms with Crippen LogP contribution in [-0.4, -0.2) is 54.8 Å². The Morgan fingerprint density at radius 1 is 1.17 bits per heavy atom. The summed E-state index contributed by atoms with van der Waals surface area (Å²) in [5.74, 6) is -0.917. The van der Waals surface area contributed by atoms with Gasteiger partial charge in [0.15, 0.2) is 11.5 Å². The fraction of sp³-hybridized carbons (Fsp3) is 0.571. The van der Waals surface area contributed by atoms with Crippen LogP contribution in [0.2, 0.25) is 0 Å². The van der Waals surface area contributed by atoms with E-state index in [1.165, 1.54) is 29.0 Å². The molecule has 2 fully saturated rings. The van der Waals surface area contributed by atoms with E-state index in [2.05, 4.69) is 4.74 Å². The van der Waals surface area contributed by atoms with Gasteiger partial charge in [-0.1, -0.05) is 18.9 Å². The van der Waals surface area contributed by atoms with Crippen molar-refractivity contribution in [2.24, 2.45) is 11.8 Å². The topological polar surface area (TPSA) is 76.2 Å². The number of alkyl halides is 2. The lowest BCUT2D eigenvalue weighted by Crippen LogP contribution is -2.36. The fourth-order valence-corrected chi connectivity index (χ4v) is 4.22. The van der Waals surface area contributed by atoms with E-state index in [0.29, 0.717) is 5.56 Å². The van der Waals surface area contributed by atoms with E-state index in [9.17, 15) is 23.2 Å². The van der Waals surface area contributed by atoms with Crippen molar-refractivity contribution in [2.45, 2.75) is 45.3 Å². The summed E-state index contributed by atoms with van der Waals surface area (Å²) < 4.78 is 34.3. The molecule has 3 rings (SSSR count). The SMILES string of the molecule is COc1cc(CN(C)C(=O)CCN2C(=O)[C@H]3CCCC[C@@H]3C2=O)ccc1OC(F)F. The zero-order chi connectivity index (χ0) is 21.8. The van der Waals surface area contributed by atoms with Gasteiger partial charge in [-0.3, -0.25) is 19.3 Å². The van der Waals surface area contributed by atoms with Crippen LogP contribution in [0.5, 0.6) is 11.5 Å². The Morgan fingerprint density at radius 2 is 1.80 bits per heavy atom. The molecule has 7 nitrogen and oxygen atoms in total. The van der Waals surface area contributed by atoms with Crippen molar-refractivity contribution in [3.05, 3.63) is 23.8 Å². The van der Waals surface area contributed by atoms with Gasteiger partial charge in [0.1, 0.15) is 0 Å². The van der Waals surface area contributed by atoms with Crippen LogP contribution in [0.25, 0.3) is 0 Å². The van der Waals surface area contributed by atoms with Crippen LogP contribution in [0.3, 0.4) is 0 Å². The Balaban J connectivity index is 1.56. The van der Waals surface area contributed by atoms with Crippen LogP contribution in [-0.2, 0) is 20.9 Å². The summed E-state index contributed by atoms with van der Waals surface area (Å²) in [7, 11) is 2.94. The number of carbonyl (C=O) groups excluding carboxylic acids is 3. The second-order valence-electron chi connectivity index (χ2n) is 7.69. The maximum atomic E-state index is 12.5. The first kappa shape index (κ1) is 22.0. The van der Waals surface area contributed by atoms with Crippen LogP contribution in [0.1, 0.15) is 37.7 Å². The van der Waals surface area contributed by atoms with Crippen LogP contribution in [0, 0.1) is 11.8 Å². The van der Waals surface area contributed by atoms with Gasteiger partial charge in [-0.2, -0.15) is 8.78 Å². The molecule has 0 N–H and O–H groups in total. The minimum absolute atomic E-state index is 0.0388. The van der Waals surface area contributed by atoms with E-state index in [-0.39, 0.29) is 60.6 Å². The highest BCUT2D eigenvalue weighted by molar-refractivity contribution is 6.05. The number of hydrogen-bond donors (Lipinski definition) is 0. The number of nitrogens with zero attached hydrogens (tertiary/aromatic N) is 2. The molecule has 1 saturated carbocycles. The number of hydrogen-bond acceptors (Lipinski definition) is 5. The van der Waals surface area contributed by atoms with Gasteiger partial charge in [0, 0.05) is 26.6 Å². The number of amides is 3. The normalized spacial score (nSPS) is 21.0. The number of imide groups is 1. The lowest BCUT2D eigenvalue weighted by Gasteiger charge is -2.20. The molecule has 30 heavy (non-hydrogen) atoms. The smallest absolute Gasteiger partial charge is 0.387 e. The van der Waals surface area contributed by atoms with Crippen LogP contribution in [0.15, 0.2) is 18.2 Å². The average molecular weight is 424 g/mol. The summed E-state index contributed by atoms with van der Waals surface area (Å²) in [4.78, 5) is 40.2. The van der Waals surface area contributed by atoms with E-state index in [4.69, 9.17) is 4.74 Å². The first-order valence-electron chi connectivity index (χ1n) is 10.0. The van der Waals surface area contributed by atoms with Crippen molar-refractivity contribution < 1.29 is 32.6 Å². The summed E-state index contributed by atoms with van der Waals surface area (Å²) in [6.07, 6.45) is 3.44. The molecule has 2 aliphatic rings. The van der Waals surface area contributed by atoms with E-state index in [1.807, 2.05) is 0 Å². The standard InChI is InChI=1S/C21H26F2N2O5/c1-24(12-13-7-8-16(30-21(22)23)17(11-13)29-2)18(26)9-10-25-19(27)14-5-3-4-6-15(14)20(25)28/h7-8,11,14-15,21H,3-6,9-10,12H2,1-2H3/t14-,15-/m0/s1. The lowest BCUT2D eigenvalue weighted by atomic mass is 9.81. The first-order valence-corrected chi connectivity index (χ1v) is 10.0. The monoisotopic (exact) mass is 424 g/mol. The van der Waals surface area contributed by atoms with E-state index >= 15 is 0 Å². The van der Waals surface area contributed by atoms with Gasteiger partial charge < -0.3 is 14.4 Å². The van der Waals surface area contributed by atoms with Gasteiger partial charge >= 0.3 is 6.61 Å². The molecule has 0 aromatic heterocycles. The van der Waals surface area contributed by atoms with Crippen LogP contribution in [0.4, 0.5) is 8.78 Å². The zero-order valence-electron chi connectivity index (χ0n) is 17.1. The van der Waals surface area contributed by atoms with E-state index in [1.54, 1.807) is 13.1 Å². The van der Waals surface area contributed by atoms with Crippen molar-refractivity contribution in [1.29, 1.82) is 0 Å². The third kappa shape index (κ3) is 4.71.